The number of aliphatic hydroxyl groups is 1. The van der Waals surface area contributed by atoms with E-state index in [9.17, 15) is 5.11 Å². The molecule has 0 amide bonds. The second-order valence-electron chi connectivity index (χ2n) is 9.64. The number of benzene rings is 3. The number of aromatic nitrogens is 2. The van der Waals surface area contributed by atoms with Gasteiger partial charge in [-0.3, -0.25) is 4.90 Å². The highest BCUT2D eigenvalue weighted by molar-refractivity contribution is 5.86. The fourth-order valence-electron chi connectivity index (χ4n) is 5.61. The number of piperazine rings is 1. The lowest BCUT2D eigenvalue weighted by Crippen LogP contribution is -2.53. The first kappa shape index (κ1) is 34.4. The van der Waals surface area contributed by atoms with Crippen LogP contribution in [0.1, 0.15) is 34.5 Å². The number of nitrogens with zero attached hydrogens (tertiary/aromatic N) is 2. The molecule has 41 heavy (non-hydrogen) atoms. The van der Waals surface area contributed by atoms with Crippen LogP contribution >= 0.6 is 37.2 Å². The van der Waals surface area contributed by atoms with Crippen molar-refractivity contribution < 1.29 is 14.6 Å². The fourth-order valence-corrected chi connectivity index (χ4v) is 5.61. The number of ether oxygens (including phenoxy) is 2. The Morgan fingerprint density at radius 1 is 0.780 bits per heavy atom. The van der Waals surface area contributed by atoms with Crippen LogP contribution in [0, 0.1) is 6.92 Å². The van der Waals surface area contributed by atoms with Crippen LogP contribution in [-0.2, 0) is 0 Å². The van der Waals surface area contributed by atoms with Crippen molar-refractivity contribution in [3.63, 3.8) is 0 Å². The normalized spacial score (nSPS) is 14.7. The third-order valence-corrected chi connectivity index (χ3v) is 7.44. The number of rotatable bonds is 9. The van der Waals surface area contributed by atoms with E-state index in [0.717, 1.165) is 65.9 Å². The summed E-state index contributed by atoms with van der Waals surface area (Å²) in [4.78, 5) is 10.7. The zero-order valence-electron chi connectivity index (χ0n) is 23.4. The zero-order valence-corrected chi connectivity index (χ0v) is 25.9. The van der Waals surface area contributed by atoms with Crippen molar-refractivity contribution in [3.05, 3.63) is 101 Å². The minimum Gasteiger partial charge on any atom is -0.496 e. The van der Waals surface area contributed by atoms with Gasteiger partial charge in [0.2, 0.25) is 0 Å². The van der Waals surface area contributed by atoms with E-state index in [1.54, 1.807) is 14.2 Å². The van der Waals surface area contributed by atoms with E-state index in [-0.39, 0.29) is 49.2 Å². The van der Waals surface area contributed by atoms with Crippen molar-refractivity contribution in [1.82, 2.24) is 20.2 Å². The Labute approximate surface area is 260 Å². The summed E-state index contributed by atoms with van der Waals surface area (Å²) >= 11 is 0. The first-order chi connectivity index (χ1) is 18.6. The summed E-state index contributed by atoms with van der Waals surface area (Å²) in [6.45, 7) is 5.29. The van der Waals surface area contributed by atoms with Crippen molar-refractivity contribution in [2.45, 2.75) is 25.0 Å². The number of H-pyrrole nitrogens is 1. The van der Waals surface area contributed by atoms with Gasteiger partial charge in [0, 0.05) is 54.5 Å². The van der Waals surface area contributed by atoms with Crippen molar-refractivity contribution in [2.24, 2.45) is 0 Å². The number of aliphatic hydroxyl groups excluding tert-OH is 1. The molecule has 222 valence electrons. The number of aryl methyl sites for hydroxylation is 1. The maximum atomic E-state index is 12.3. The molecular formula is C31H39Cl3N4O3. The average Bonchev–Trinajstić information content (AvgIpc) is 3.38. The molecule has 4 aromatic rings. The summed E-state index contributed by atoms with van der Waals surface area (Å²) in [5.41, 5.74) is 4.49. The van der Waals surface area contributed by atoms with Gasteiger partial charge < -0.3 is 24.9 Å². The topological polar surface area (TPSA) is 82.6 Å². The lowest BCUT2D eigenvalue weighted by molar-refractivity contribution is 0.0289. The Hall–Kier alpha value is -2.78. The number of para-hydroxylation sites is 2. The predicted octanol–water partition coefficient (Wildman–Crippen LogP) is 5.81. The van der Waals surface area contributed by atoms with Gasteiger partial charge in [0.15, 0.2) is 0 Å². The van der Waals surface area contributed by atoms with Crippen molar-refractivity contribution in [3.8, 4) is 22.9 Å². The van der Waals surface area contributed by atoms with Crippen LogP contribution in [0.4, 0.5) is 0 Å². The molecule has 2 atom stereocenters. The van der Waals surface area contributed by atoms with Gasteiger partial charge in [-0.1, -0.05) is 66.7 Å². The van der Waals surface area contributed by atoms with Crippen LogP contribution in [-0.4, -0.2) is 66.4 Å². The number of hydrogen-bond donors (Lipinski definition) is 3. The van der Waals surface area contributed by atoms with Gasteiger partial charge >= 0.3 is 0 Å². The number of hydrogen-bond acceptors (Lipinski definition) is 6. The average molecular weight is 622 g/mol. The van der Waals surface area contributed by atoms with Crippen LogP contribution in [0.15, 0.2) is 78.9 Å². The van der Waals surface area contributed by atoms with Gasteiger partial charge in [0.1, 0.15) is 23.4 Å². The van der Waals surface area contributed by atoms with Crippen LogP contribution in [0.5, 0.6) is 11.5 Å². The molecule has 7 nitrogen and oxygen atoms in total. The molecule has 10 heteroatoms. The van der Waals surface area contributed by atoms with E-state index in [0.29, 0.717) is 5.69 Å². The Bertz CT molecular complexity index is 1300. The Morgan fingerprint density at radius 3 is 1.83 bits per heavy atom. The van der Waals surface area contributed by atoms with Gasteiger partial charge in [-0.05, 0) is 19.1 Å². The van der Waals surface area contributed by atoms with Crippen LogP contribution in [0.3, 0.4) is 0 Å². The Morgan fingerprint density at radius 2 is 1.29 bits per heavy atom. The lowest BCUT2D eigenvalue weighted by Gasteiger charge is -2.42. The maximum Gasteiger partial charge on any atom is 0.137 e. The second-order valence-corrected chi connectivity index (χ2v) is 9.64. The molecule has 1 fully saturated rings. The molecule has 3 aromatic carbocycles. The summed E-state index contributed by atoms with van der Waals surface area (Å²) < 4.78 is 11.7. The van der Waals surface area contributed by atoms with E-state index in [1.165, 1.54) is 0 Å². The Balaban J connectivity index is 0.00000196. The standard InChI is InChI=1S/C31H36N4O3.3ClH/c1-21-28(34-31(33-21)22-11-5-4-6-12-22)30(36)29(35-19-17-32-18-20-35)27(23-13-7-9-15-25(23)37-2)24-14-8-10-16-26(24)38-3;;;/h4-16,27,29-30,32,36H,17-20H2,1-3H3,(H,33,34);3*1H. The van der Waals surface area contributed by atoms with Crippen molar-refractivity contribution in [2.75, 3.05) is 40.4 Å². The molecule has 1 aliphatic rings. The van der Waals surface area contributed by atoms with E-state index in [1.807, 2.05) is 73.7 Å². The number of imidazole rings is 1. The number of halogens is 3. The summed E-state index contributed by atoms with van der Waals surface area (Å²) in [6.07, 6.45) is -0.873. The molecular weight excluding hydrogens is 583 g/mol. The van der Waals surface area contributed by atoms with Crippen molar-refractivity contribution >= 4 is 37.2 Å². The van der Waals surface area contributed by atoms with Gasteiger partial charge in [-0.2, -0.15) is 0 Å². The molecule has 5 rings (SSSR count). The second kappa shape index (κ2) is 16.0. The number of aromatic amines is 1. The molecule has 0 aliphatic carbocycles. The highest BCUT2D eigenvalue weighted by atomic mass is 35.5. The smallest absolute Gasteiger partial charge is 0.137 e. The minimum atomic E-state index is -0.873. The molecule has 0 radical (unpaired) electrons. The molecule has 3 N–H and O–H groups in total. The van der Waals surface area contributed by atoms with Crippen LogP contribution < -0.4 is 14.8 Å². The summed E-state index contributed by atoms with van der Waals surface area (Å²) in [7, 11) is 3.39. The number of methoxy groups -OCH3 is 2. The highest BCUT2D eigenvalue weighted by Crippen LogP contribution is 2.44. The Kier molecular flexibility index (Phi) is 13.4. The monoisotopic (exact) mass is 620 g/mol. The fraction of sp³-hybridized carbons (Fsp3) is 0.323. The summed E-state index contributed by atoms with van der Waals surface area (Å²) in [5.74, 6) is 2.06. The number of nitrogens with one attached hydrogen (secondary N) is 2. The molecule has 0 saturated carbocycles. The quantitative estimate of drug-likeness (QED) is 0.219. The van der Waals surface area contributed by atoms with Gasteiger partial charge in [0.05, 0.1) is 26.0 Å². The molecule has 1 saturated heterocycles. The van der Waals surface area contributed by atoms with E-state index in [2.05, 4.69) is 27.3 Å². The first-order valence-electron chi connectivity index (χ1n) is 13.1. The predicted molar refractivity (Wildman–Crippen MR) is 172 cm³/mol. The van der Waals surface area contributed by atoms with Gasteiger partial charge in [0.25, 0.3) is 0 Å². The van der Waals surface area contributed by atoms with Crippen LogP contribution in [0.2, 0.25) is 0 Å². The maximum absolute atomic E-state index is 12.3. The summed E-state index contributed by atoms with van der Waals surface area (Å²) in [5, 5.41) is 15.7. The van der Waals surface area contributed by atoms with E-state index < -0.39 is 6.10 Å². The third-order valence-electron chi connectivity index (χ3n) is 7.44. The molecule has 0 spiro atoms. The third kappa shape index (κ3) is 7.36. The molecule has 1 aliphatic heterocycles. The van der Waals surface area contributed by atoms with E-state index in [4.69, 9.17) is 14.5 Å². The molecule has 2 heterocycles. The molecule has 2 unspecified atom stereocenters. The first-order valence-corrected chi connectivity index (χ1v) is 13.1. The minimum absolute atomic E-state index is 0. The highest BCUT2D eigenvalue weighted by Gasteiger charge is 2.40. The van der Waals surface area contributed by atoms with Gasteiger partial charge in [-0.25, -0.2) is 4.98 Å². The lowest BCUT2D eigenvalue weighted by atomic mass is 9.79. The largest absolute Gasteiger partial charge is 0.496 e. The SMILES string of the molecule is COc1ccccc1C(c1ccccc1OC)C(C(O)c1nc(-c2ccccc2)[nH]c1C)N1CCNCC1.Cl.Cl.Cl. The van der Waals surface area contributed by atoms with Gasteiger partial charge in [-0.15, -0.1) is 37.2 Å². The van der Waals surface area contributed by atoms with Crippen LogP contribution in [0.25, 0.3) is 11.4 Å². The molecule has 1 aromatic heterocycles. The zero-order chi connectivity index (χ0) is 26.5. The van der Waals surface area contributed by atoms with E-state index >= 15 is 0 Å². The molecule has 0 bridgehead atoms. The van der Waals surface area contributed by atoms with Crippen molar-refractivity contribution in [1.29, 1.82) is 0 Å². The summed E-state index contributed by atoms with van der Waals surface area (Å²) in [6, 6.07) is 25.8.